The fourth-order valence-electron chi connectivity index (χ4n) is 5.53. The number of nitrogens with zero attached hydrogens (tertiary/aromatic N) is 3. The van der Waals surface area contributed by atoms with Gasteiger partial charge >= 0.3 is 6.18 Å². The van der Waals surface area contributed by atoms with E-state index in [2.05, 4.69) is 24.1 Å². The maximum Gasteiger partial charge on any atom is 0.416 e. The van der Waals surface area contributed by atoms with Gasteiger partial charge in [0.15, 0.2) is 11.5 Å². The Balaban J connectivity index is 1.37. The molecule has 0 spiro atoms. The molecule has 1 amide bonds. The third-order valence-electron chi connectivity index (χ3n) is 7.88. The molecule has 0 radical (unpaired) electrons. The molecule has 2 aliphatic rings. The number of ether oxygens (including phenoxy) is 1. The summed E-state index contributed by atoms with van der Waals surface area (Å²) in [5.41, 5.74) is -0.201. The van der Waals surface area contributed by atoms with Gasteiger partial charge in [0.1, 0.15) is 5.82 Å². The average Bonchev–Trinajstić information content (AvgIpc) is 3.33. The van der Waals surface area contributed by atoms with E-state index in [0.717, 1.165) is 37.0 Å². The van der Waals surface area contributed by atoms with E-state index in [9.17, 15) is 23.1 Å². The molecule has 202 valence electrons. The van der Waals surface area contributed by atoms with Crippen molar-refractivity contribution >= 4 is 11.7 Å². The van der Waals surface area contributed by atoms with Crippen LogP contribution in [0.3, 0.4) is 0 Å². The minimum Gasteiger partial charge on any atom is -0.504 e. The number of phenols is 1. The molecule has 1 aliphatic heterocycles. The lowest BCUT2D eigenvalue weighted by atomic mass is 9.74. The van der Waals surface area contributed by atoms with Crippen LogP contribution in [0.5, 0.6) is 11.5 Å². The zero-order valence-electron chi connectivity index (χ0n) is 21.5. The maximum absolute atomic E-state index is 13.8. The van der Waals surface area contributed by atoms with Gasteiger partial charge in [-0.1, -0.05) is 19.9 Å². The number of nitrogens with one attached hydrogen (secondary N) is 1. The third-order valence-corrected chi connectivity index (χ3v) is 7.88. The topological polar surface area (TPSA) is 77.9 Å². The molecule has 1 saturated carbocycles. The van der Waals surface area contributed by atoms with Crippen molar-refractivity contribution in [3.63, 3.8) is 0 Å². The normalized spacial score (nSPS) is 22.5. The number of hydrogen-bond donors (Lipinski definition) is 2. The first-order valence-corrected chi connectivity index (χ1v) is 12.7. The molecule has 2 N–H and O–H groups in total. The number of pyridine rings is 1. The van der Waals surface area contributed by atoms with Crippen molar-refractivity contribution in [2.24, 2.45) is 11.3 Å². The number of hydrogen-bond acceptors (Lipinski definition) is 6. The Morgan fingerprint density at radius 1 is 1.22 bits per heavy atom. The highest BCUT2D eigenvalue weighted by Gasteiger charge is 2.49. The number of benzene rings is 1. The summed E-state index contributed by atoms with van der Waals surface area (Å²) >= 11 is 0. The zero-order chi connectivity index (χ0) is 26.8. The molecular formula is C27H35F3N4O3. The predicted octanol–water partition coefficient (Wildman–Crippen LogP) is 4.45. The number of anilines is 1. The van der Waals surface area contributed by atoms with Crippen LogP contribution < -0.4 is 15.0 Å². The van der Waals surface area contributed by atoms with E-state index in [1.54, 1.807) is 12.1 Å². The van der Waals surface area contributed by atoms with Gasteiger partial charge in [-0.3, -0.25) is 4.79 Å². The van der Waals surface area contributed by atoms with Gasteiger partial charge < -0.3 is 25.0 Å². The van der Waals surface area contributed by atoms with Gasteiger partial charge in [-0.05, 0) is 55.0 Å². The van der Waals surface area contributed by atoms with E-state index in [1.807, 2.05) is 15.9 Å². The SMILES string of the molecule is COc1cc(CN[C@@H]2CC[C@@](C(=O)N3CCN(c4cc(C(F)(F)F)ccn4)CC3)(C(C)C)C2)ccc1O. The van der Waals surface area contributed by atoms with E-state index in [1.165, 1.54) is 13.3 Å². The van der Waals surface area contributed by atoms with E-state index in [0.29, 0.717) is 38.5 Å². The fourth-order valence-corrected chi connectivity index (χ4v) is 5.53. The summed E-state index contributed by atoms with van der Waals surface area (Å²) in [5, 5.41) is 13.4. The average molecular weight is 521 g/mol. The van der Waals surface area contributed by atoms with Crippen molar-refractivity contribution in [3.8, 4) is 11.5 Å². The standard InChI is InChI=1S/C27H35F3N4O3/c1-18(2)26(8-6-21(16-26)32-17-19-4-5-22(35)23(14-19)37-3)25(36)34-12-10-33(11-13-34)24-15-20(7-9-31-24)27(28,29)30/h4-5,7,9,14-15,18,21,32,35H,6,8,10-13,16-17H2,1-3H3/t21-,26+/m1/s1. The van der Waals surface area contributed by atoms with Crippen molar-refractivity contribution in [1.82, 2.24) is 15.2 Å². The number of carbonyl (C=O) groups is 1. The zero-order valence-corrected chi connectivity index (χ0v) is 21.5. The lowest BCUT2D eigenvalue weighted by Crippen LogP contribution is -2.54. The van der Waals surface area contributed by atoms with Gasteiger partial charge in [-0.25, -0.2) is 4.98 Å². The smallest absolute Gasteiger partial charge is 0.416 e. The molecule has 0 bridgehead atoms. The molecule has 1 saturated heterocycles. The van der Waals surface area contributed by atoms with E-state index >= 15 is 0 Å². The highest BCUT2D eigenvalue weighted by atomic mass is 19.4. The van der Waals surface area contributed by atoms with Gasteiger partial charge in [0, 0.05) is 45.0 Å². The van der Waals surface area contributed by atoms with E-state index in [4.69, 9.17) is 4.74 Å². The lowest BCUT2D eigenvalue weighted by Gasteiger charge is -2.42. The molecular weight excluding hydrogens is 485 g/mol. The Morgan fingerprint density at radius 3 is 2.59 bits per heavy atom. The molecule has 0 unspecified atom stereocenters. The number of rotatable bonds is 7. The number of aromatic hydroxyl groups is 1. The number of methoxy groups -OCH3 is 1. The van der Waals surface area contributed by atoms with Crippen molar-refractivity contribution in [3.05, 3.63) is 47.7 Å². The Labute approximate surface area is 215 Å². The van der Waals surface area contributed by atoms with Crippen LogP contribution in [-0.4, -0.2) is 60.2 Å². The monoisotopic (exact) mass is 520 g/mol. The first-order valence-electron chi connectivity index (χ1n) is 12.7. The Bertz CT molecular complexity index is 1100. The lowest BCUT2D eigenvalue weighted by molar-refractivity contribution is -0.145. The minimum atomic E-state index is -4.42. The summed E-state index contributed by atoms with van der Waals surface area (Å²) in [7, 11) is 1.52. The Hall–Kier alpha value is -3.01. The first-order chi connectivity index (χ1) is 17.5. The van der Waals surface area contributed by atoms with Crippen LogP contribution in [0, 0.1) is 11.3 Å². The number of alkyl halides is 3. The van der Waals surface area contributed by atoms with Crippen molar-refractivity contribution in [2.45, 2.75) is 51.9 Å². The van der Waals surface area contributed by atoms with Crippen LogP contribution >= 0.6 is 0 Å². The molecule has 2 aromatic rings. The molecule has 2 atom stereocenters. The first kappa shape index (κ1) is 27.0. The number of piperazine rings is 1. The molecule has 1 aliphatic carbocycles. The van der Waals surface area contributed by atoms with Crippen LogP contribution in [0.1, 0.15) is 44.2 Å². The largest absolute Gasteiger partial charge is 0.504 e. The van der Waals surface area contributed by atoms with Crippen LogP contribution in [-0.2, 0) is 17.5 Å². The number of aromatic nitrogens is 1. The number of carbonyl (C=O) groups excluding carboxylic acids is 1. The van der Waals surface area contributed by atoms with Crippen LogP contribution in [0.2, 0.25) is 0 Å². The van der Waals surface area contributed by atoms with E-state index in [-0.39, 0.29) is 29.4 Å². The van der Waals surface area contributed by atoms with Crippen molar-refractivity contribution in [2.75, 3.05) is 38.2 Å². The highest BCUT2D eigenvalue weighted by molar-refractivity contribution is 5.84. The third kappa shape index (κ3) is 5.79. The minimum absolute atomic E-state index is 0.0977. The summed E-state index contributed by atoms with van der Waals surface area (Å²) in [4.78, 5) is 21.6. The van der Waals surface area contributed by atoms with Gasteiger partial charge in [0.05, 0.1) is 18.1 Å². The van der Waals surface area contributed by atoms with Gasteiger partial charge in [0.25, 0.3) is 0 Å². The fraction of sp³-hybridized carbons (Fsp3) is 0.556. The van der Waals surface area contributed by atoms with Crippen molar-refractivity contribution < 1.29 is 27.8 Å². The molecule has 2 heterocycles. The second kappa shape index (κ2) is 10.8. The molecule has 1 aromatic carbocycles. The summed E-state index contributed by atoms with van der Waals surface area (Å²) in [6.45, 7) is 6.58. The summed E-state index contributed by atoms with van der Waals surface area (Å²) < 4.78 is 44.5. The van der Waals surface area contributed by atoms with Crippen LogP contribution in [0.15, 0.2) is 36.5 Å². The second-order valence-electron chi connectivity index (χ2n) is 10.3. The summed E-state index contributed by atoms with van der Waals surface area (Å²) in [5.74, 6) is 1.10. The molecule has 2 fully saturated rings. The molecule has 7 nitrogen and oxygen atoms in total. The second-order valence-corrected chi connectivity index (χ2v) is 10.3. The molecule has 37 heavy (non-hydrogen) atoms. The highest BCUT2D eigenvalue weighted by Crippen LogP contribution is 2.46. The summed E-state index contributed by atoms with van der Waals surface area (Å²) in [6.07, 6.45) is -0.833. The Morgan fingerprint density at radius 2 is 1.95 bits per heavy atom. The van der Waals surface area contributed by atoms with Gasteiger partial charge in [-0.15, -0.1) is 0 Å². The Kier molecular flexibility index (Phi) is 7.87. The predicted molar refractivity (Wildman–Crippen MR) is 134 cm³/mol. The number of amides is 1. The van der Waals surface area contributed by atoms with Crippen molar-refractivity contribution in [1.29, 1.82) is 0 Å². The van der Waals surface area contributed by atoms with Crippen LogP contribution in [0.4, 0.5) is 19.0 Å². The maximum atomic E-state index is 13.8. The van der Waals surface area contributed by atoms with E-state index < -0.39 is 17.2 Å². The quantitative estimate of drug-likeness (QED) is 0.562. The molecule has 4 rings (SSSR count). The number of halogens is 3. The number of phenolic OH excluding ortho intramolecular Hbond substituents is 1. The van der Waals surface area contributed by atoms with Gasteiger partial charge in [0.2, 0.25) is 5.91 Å². The molecule has 10 heteroatoms. The molecule has 1 aromatic heterocycles. The van der Waals surface area contributed by atoms with Crippen LogP contribution in [0.25, 0.3) is 0 Å². The summed E-state index contributed by atoms with van der Waals surface area (Å²) in [6, 6.07) is 7.49. The van der Waals surface area contributed by atoms with Gasteiger partial charge in [-0.2, -0.15) is 13.2 Å².